The molecule has 0 amide bonds. The smallest absolute Gasteiger partial charge is 0.131 e. The molecule has 21 heavy (non-hydrogen) atoms. The number of nitrogens with zero attached hydrogens (tertiary/aromatic N) is 4. The van der Waals surface area contributed by atoms with E-state index in [2.05, 4.69) is 37.8 Å². The molecule has 1 atom stereocenters. The predicted molar refractivity (Wildman–Crippen MR) is 83.0 cm³/mol. The van der Waals surface area contributed by atoms with Gasteiger partial charge in [-0.3, -0.25) is 15.3 Å². The first-order valence-electron chi connectivity index (χ1n) is 6.75. The molecule has 3 aromatic rings. The van der Waals surface area contributed by atoms with Crippen molar-refractivity contribution >= 4 is 11.3 Å². The summed E-state index contributed by atoms with van der Waals surface area (Å²) in [5.41, 5.74) is 1.86. The minimum Gasteiger partial charge on any atom is -0.336 e. The number of rotatable bonds is 5. The summed E-state index contributed by atoms with van der Waals surface area (Å²) in [6.07, 6.45) is 7.39. The van der Waals surface area contributed by atoms with Crippen LogP contribution in [0.5, 0.6) is 0 Å². The molecule has 0 saturated carbocycles. The minimum atomic E-state index is 0.0631. The topological polar surface area (TPSA) is 55.6 Å². The summed E-state index contributed by atoms with van der Waals surface area (Å²) >= 11 is 1.72. The minimum absolute atomic E-state index is 0.0631. The van der Waals surface area contributed by atoms with Crippen LogP contribution in [0.25, 0.3) is 0 Å². The van der Waals surface area contributed by atoms with E-state index in [1.165, 1.54) is 4.88 Å². The summed E-state index contributed by atoms with van der Waals surface area (Å²) in [6.45, 7) is 2.59. The number of aromatic nitrogens is 4. The van der Waals surface area contributed by atoms with E-state index in [1.807, 2.05) is 37.1 Å². The first-order valence-corrected chi connectivity index (χ1v) is 7.63. The van der Waals surface area contributed by atoms with E-state index in [4.69, 9.17) is 0 Å². The Balaban J connectivity index is 1.80. The molecule has 6 heteroatoms. The van der Waals surface area contributed by atoms with E-state index >= 15 is 0 Å². The van der Waals surface area contributed by atoms with Crippen LogP contribution in [0, 0.1) is 6.92 Å². The zero-order chi connectivity index (χ0) is 14.7. The van der Waals surface area contributed by atoms with Crippen molar-refractivity contribution in [3.05, 3.63) is 64.4 Å². The van der Waals surface area contributed by atoms with Crippen molar-refractivity contribution in [1.29, 1.82) is 0 Å². The largest absolute Gasteiger partial charge is 0.336 e. The third kappa shape index (κ3) is 3.17. The average molecular weight is 299 g/mol. The predicted octanol–water partition coefficient (Wildman–Crippen LogP) is 2.46. The van der Waals surface area contributed by atoms with Gasteiger partial charge in [-0.05, 0) is 18.4 Å². The molecule has 0 spiro atoms. The standard InChI is InChI=1S/C15H17N5S/c1-11-8-18-12(9-17-11)10-19-14(13-4-3-7-21-13)15-16-5-6-20(15)2/h3-9,14,19H,10H2,1-2H3. The fraction of sp³-hybridized carbons (Fsp3) is 0.267. The van der Waals surface area contributed by atoms with Gasteiger partial charge < -0.3 is 4.57 Å². The Bertz CT molecular complexity index is 687. The molecule has 1 unspecified atom stereocenters. The Morgan fingerprint density at radius 3 is 2.81 bits per heavy atom. The molecular formula is C15H17N5S. The number of thiophene rings is 1. The van der Waals surface area contributed by atoms with Crippen molar-refractivity contribution in [1.82, 2.24) is 24.8 Å². The second-order valence-electron chi connectivity index (χ2n) is 4.87. The molecule has 0 aliphatic rings. The number of aryl methyl sites for hydroxylation is 2. The van der Waals surface area contributed by atoms with Crippen LogP contribution >= 0.6 is 11.3 Å². The van der Waals surface area contributed by atoms with E-state index in [0.717, 1.165) is 17.2 Å². The van der Waals surface area contributed by atoms with Crippen LogP contribution in [0.4, 0.5) is 0 Å². The van der Waals surface area contributed by atoms with E-state index in [0.29, 0.717) is 6.54 Å². The summed E-state index contributed by atoms with van der Waals surface area (Å²) < 4.78 is 2.04. The van der Waals surface area contributed by atoms with E-state index in [9.17, 15) is 0 Å². The quantitative estimate of drug-likeness (QED) is 0.786. The Kier molecular flexibility index (Phi) is 4.08. The van der Waals surface area contributed by atoms with Crippen LogP contribution in [0.1, 0.15) is 28.1 Å². The zero-order valence-corrected chi connectivity index (χ0v) is 12.8. The molecule has 0 bridgehead atoms. The number of imidazole rings is 1. The van der Waals surface area contributed by atoms with Crippen molar-refractivity contribution in [2.24, 2.45) is 7.05 Å². The van der Waals surface area contributed by atoms with Crippen molar-refractivity contribution < 1.29 is 0 Å². The number of hydrogen-bond acceptors (Lipinski definition) is 5. The summed E-state index contributed by atoms with van der Waals surface area (Å²) in [4.78, 5) is 14.4. The average Bonchev–Trinajstić information content (AvgIpc) is 3.14. The molecule has 1 N–H and O–H groups in total. The lowest BCUT2D eigenvalue weighted by molar-refractivity contribution is 0.558. The molecule has 0 radical (unpaired) electrons. The normalized spacial score (nSPS) is 12.5. The zero-order valence-electron chi connectivity index (χ0n) is 12.0. The monoisotopic (exact) mass is 299 g/mol. The Morgan fingerprint density at radius 2 is 2.19 bits per heavy atom. The first-order chi connectivity index (χ1) is 10.2. The molecule has 3 aromatic heterocycles. The van der Waals surface area contributed by atoms with Crippen LogP contribution in [0.15, 0.2) is 42.3 Å². The lowest BCUT2D eigenvalue weighted by Crippen LogP contribution is -2.24. The second kappa shape index (κ2) is 6.15. The molecule has 0 saturated heterocycles. The number of hydrogen-bond donors (Lipinski definition) is 1. The molecular weight excluding hydrogens is 282 g/mol. The van der Waals surface area contributed by atoms with Gasteiger partial charge in [0.2, 0.25) is 0 Å². The lowest BCUT2D eigenvalue weighted by atomic mass is 10.2. The molecule has 3 rings (SSSR count). The molecule has 0 aromatic carbocycles. The van der Waals surface area contributed by atoms with Gasteiger partial charge in [0.25, 0.3) is 0 Å². The Hall–Kier alpha value is -2.05. The Morgan fingerprint density at radius 1 is 1.29 bits per heavy atom. The van der Waals surface area contributed by atoms with Crippen molar-refractivity contribution in [2.75, 3.05) is 0 Å². The van der Waals surface area contributed by atoms with Gasteiger partial charge in [-0.1, -0.05) is 6.07 Å². The second-order valence-corrected chi connectivity index (χ2v) is 5.85. The SMILES string of the molecule is Cc1cnc(CNC(c2cccs2)c2nccn2C)cn1. The van der Waals surface area contributed by atoms with Gasteiger partial charge in [0.05, 0.1) is 11.4 Å². The van der Waals surface area contributed by atoms with Crippen molar-refractivity contribution in [2.45, 2.75) is 19.5 Å². The highest BCUT2D eigenvalue weighted by Gasteiger charge is 2.18. The summed E-state index contributed by atoms with van der Waals surface area (Å²) in [7, 11) is 2.01. The maximum atomic E-state index is 4.47. The van der Waals surface area contributed by atoms with E-state index in [1.54, 1.807) is 17.5 Å². The maximum Gasteiger partial charge on any atom is 0.131 e. The van der Waals surface area contributed by atoms with Crippen LogP contribution in [-0.4, -0.2) is 19.5 Å². The molecule has 5 nitrogen and oxygen atoms in total. The molecule has 108 valence electrons. The van der Waals surface area contributed by atoms with Crippen LogP contribution in [0.2, 0.25) is 0 Å². The molecule has 0 aliphatic heterocycles. The highest BCUT2D eigenvalue weighted by atomic mass is 32.1. The van der Waals surface area contributed by atoms with Gasteiger partial charge in [0, 0.05) is 43.3 Å². The molecule has 0 fully saturated rings. The van der Waals surface area contributed by atoms with Crippen LogP contribution in [0.3, 0.4) is 0 Å². The van der Waals surface area contributed by atoms with Gasteiger partial charge in [-0.15, -0.1) is 11.3 Å². The van der Waals surface area contributed by atoms with Gasteiger partial charge in [-0.25, -0.2) is 4.98 Å². The van der Waals surface area contributed by atoms with E-state index < -0.39 is 0 Å². The maximum absolute atomic E-state index is 4.47. The lowest BCUT2D eigenvalue weighted by Gasteiger charge is -2.17. The van der Waals surface area contributed by atoms with Gasteiger partial charge in [0.1, 0.15) is 11.9 Å². The highest BCUT2D eigenvalue weighted by Crippen LogP contribution is 2.24. The fourth-order valence-electron chi connectivity index (χ4n) is 2.15. The van der Waals surface area contributed by atoms with Gasteiger partial charge in [-0.2, -0.15) is 0 Å². The third-order valence-electron chi connectivity index (χ3n) is 3.27. The third-order valence-corrected chi connectivity index (χ3v) is 4.20. The van der Waals surface area contributed by atoms with Crippen molar-refractivity contribution in [3.8, 4) is 0 Å². The van der Waals surface area contributed by atoms with Crippen LogP contribution < -0.4 is 5.32 Å². The Labute approximate surface area is 127 Å². The van der Waals surface area contributed by atoms with Gasteiger partial charge in [0.15, 0.2) is 0 Å². The molecule has 0 aliphatic carbocycles. The van der Waals surface area contributed by atoms with Gasteiger partial charge >= 0.3 is 0 Å². The summed E-state index contributed by atoms with van der Waals surface area (Å²) in [5.74, 6) is 0.998. The summed E-state index contributed by atoms with van der Waals surface area (Å²) in [5, 5.41) is 5.61. The van der Waals surface area contributed by atoms with Crippen LogP contribution in [-0.2, 0) is 13.6 Å². The van der Waals surface area contributed by atoms with Crippen molar-refractivity contribution in [3.63, 3.8) is 0 Å². The summed E-state index contributed by atoms with van der Waals surface area (Å²) in [6, 6.07) is 4.24. The first kappa shape index (κ1) is 13.9. The van der Waals surface area contributed by atoms with E-state index in [-0.39, 0.29) is 6.04 Å². The number of nitrogens with one attached hydrogen (secondary N) is 1. The highest BCUT2D eigenvalue weighted by molar-refractivity contribution is 7.10. The fourth-order valence-corrected chi connectivity index (χ4v) is 2.94. The molecule has 3 heterocycles.